The van der Waals surface area contributed by atoms with Gasteiger partial charge in [-0.05, 0) is 132 Å². The van der Waals surface area contributed by atoms with Gasteiger partial charge >= 0.3 is 0 Å². The fourth-order valence-corrected chi connectivity index (χ4v) is 10.7. The SMILES string of the molecule is CC(C)C[C@H](NC(=O)[C@@H]1Cc2ccccc2CN1C(=O)CNC(=O)CNC(=O)[C@@H](N)Cc1ccc(O)cc1)C(=O)N[C@@H](CCCN=C(N)N)C(=O)N[C@@H](CCCN=C(N)N)C(=O)N[C@H](C)C(=O)N[C@@H](CCCN=C(N)N)C(=O)N1CCC[C@H]1C(=O)N[C@@H](CCCCN)C(N)=O. The van der Waals surface area contributed by atoms with Crippen LogP contribution in [0.25, 0.3) is 0 Å². The van der Waals surface area contributed by atoms with E-state index in [1.165, 1.54) is 28.9 Å². The standard InChI is InChI=1S/C61H98N22O12/c1-34(2)28-45(81-57(94)47-30-37-12-4-5-13-38(37)33-83(47)49(86)32-74-48(85)31-75-52(89)40(63)29-36-19-21-39(84)22-20-36)55(92)79-43(16-9-25-72-60(67)68)54(91)78-42(15-8-24-71-59(65)66)53(90)76-35(3)51(88)80-44(17-10-26-73-61(69)70)58(95)82-27-11-18-46(82)56(93)77-41(50(64)87)14-6-7-23-62/h4-5,12-13,19-22,34-35,40-47,84H,6-11,14-18,23-33,62-63H2,1-3H3,(H2,64,87)(H,74,85)(H,75,89)(H,76,90)(H,77,93)(H,78,91)(H,79,92)(H,80,88)(H,81,94)(H4,65,66,71)(H4,67,68,72)(H4,69,70,73)/t35-,40+,41+,42+,43+,44+,45+,46+,47+/m1/s1. The van der Waals surface area contributed by atoms with E-state index in [2.05, 4.69) is 57.5 Å². The minimum atomic E-state index is -1.42. The van der Waals surface area contributed by atoms with Crippen molar-refractivity contribution in [1.29, 1.82) is 0 Å². The number of hydrogen-bond donors (Lipinski definition) is 18. The number of rotatable bonds is 39. The van der Waals surface area contributed by atoms with Crippen LogP contribution in [0.2, 0.25) is 0 Å². The van der Waals surface area contributed by atoms with E-state index >= 15 is 0 Å². The third kappa shape index (κ3) is 26.9. The van der Waals surface area contributed by atoms with Crippen LogP contribution in [0.1, 0.15) is 115 Å². The number of aliphatic imine (C=N–C) groups is 3. The van der Waals surface area contributed by atoms with Crippen LogP contribution in [0.5, 0.6) is 5.75 Å². The molecule has 1 fully saturated rings. The maximum Gasteiger partial charge on any atom is 0.245 e. The van der Waals surface area contributed by atoms with Crippen molar-refractivity contribution in [2.45, 2.75) is 172 Å². The van der Waals surface area contributed by atoms with E-state index in [1.807, 2.05) is 0 Å². The molecule has 34 heteroatoms. The lowest BCUT2D eigenvalue weighted by Crippen LogP contribution is -2.60. The highest BCUT2D eigenvalue weighted by Gasteiger charge is 2.41. The smallest absolute Gasteiger partial charge is 0.245 e. The number of carbonyl (C=O) groups is 11. The highest BCUT2D eigenvalue weighted by molar-refractivity contribution is 5.99. The molecule has 0 saturated carbocycles. The van der Waals surface area contributed by atoms with Crippen molar-refractivity contribution in [3.63, 3.8) is 0 Å². The maximum atomic E-state index is 14.6. The van der Waals surface area contributed by atoms with E-state index in [0.717, 1.165) is 11.1 Å². The maximum absolute atomic E-state index is 14.6. The summed E-state index contributed by atoms with van der Waals surface area (Å²) < 4.78 is 0. The molecule has 11 amide bonds. The van der Waals surface area contributed by atoms with Gasteiger partial charge in [-0.1, -0.05) is 50.2 Å². The van der Waals surface area contributed by atoms with Gasteiger partial charge in [-0.15, -0.1) is 0 Å². The first kappa shape index (κ1) is 77.6. The number of unbranched alkanes of at least 4 members (excludes halogenated alkanes) is 1. The zero-order chi connectivity index (χ0) is 70.3. The van der Waals surface area contributed by atoms with Crippen LogP contribution in [0.3, 0.4) is 0 Å². The first-order valence-electron chi connectivity index (χ1n) is 31.8. The Morgan fingerprint density at radius 3 is 1.63 bits per heavy atom. The molecule has 0 radical (unpaired) electrons. The number of nitrogens with one attached hydrogen (secondary N) is 8. The Morgan fingerprint density at radius 1 is 0.558 bits per heavy atom. The quantitative estimate of drug-likeness (QED) is 0.0168. The number of fused-ring (bicyclic) bond motifs is 1. The van der Waals surface area contributed by atoms with Crippen molar-refractivity contribution >= 4 is 82.9 Å². The van der Waals surface area contributed by atoms with Gasteiger partial charge in [0.05, 0.1) is 19.1 Å². The van der Waals surface area contributed by atoms with Gasteiger partial charge < -0.3 is 109 Å². The second-order valence-corrected chi connectivity index (χ2v) is 23.9. The van der Waals surface area contributed by atoms with Crippen molar-refractivity contribution in [2.75, 3.05) is 45.8 Å². The highest BCUT2D eigenvalue weighted by atomic mass is 16.3. The lowest BCUT2D eigenvalue weighted by Gasteiger charge is -2.37. The Morgan fingerprint density at radius 2 is 1.07 bits per heavy atom. The first-order chi connectivity index (χ1) is 45.1. The summed E-state index contributed by atoms with van der Waals surface area (Å²) in [5.74, 6) is -9.01. The summed E-state index contributed by atoms with van der Waals surface area (Å²) in [5, 5.41) is 30.7. The van der Waals surface area contributed by atoms with Crippen molar-refractivity contribution in [1.82, 2.24) is 52.3 Å². The predicted octanol–water partition coefficient (Wildman–Crippen LogP) is -5.81. The summed E-state index contributed by atoms with van der Waals surface area (Å²) in [6, 6.07) is 2.19. The van der Waals surface area contributed by atoms with Crippen LogP contribution in [-0.4, -0.2) is 198 Å². The van der Waals surface area contributed by atoms with Gasteiger partial charge in [0, 0.05) is 39.1 Å². The number of likely N-dealkylation sites (tertiary alicyclic amines) is 1. The summed E-state index contributed by atoms with van der Waals surface area (Å²) in [6.07, 6.45) is 2.36. The van der Waals surface area contributed by atoms with Crippen molar-refractivity contribution in [3.05, 3.63) is 65.2 Å². The molecule has 9 atom stereocenters. The third-order valence-corrected chi connectivity index (χ3v) is 15.7. The van der Waals surface area contributed by atoms with Gasteiger partial charge in [0.15, 0.2) is 17.9 Å². The number of amides is 11. The van der Waals surface area contributed by atoms with Gasteiger partial charge in [0.2, 0.25) is 65.0 Å². The predicted molar refractivity (Wildman–Crippen MR) is 354 cm³/mol. The molecule has 2 aliphatic heterocycles. The van der Waals surface area contributed by atoms with Gasteiger partial charge in [-0.2, -0.15) is 0 Å². The van der Waals surface area contributed by atoms with Crippen LogP contribution in [-0.2, 0) is 72.1 Å². The normalized spacial score (nSPS) is 16.3. The third-order valence-electron chi connectivity index (χ3n) is 15.7. The molecule has 0 spiro atoms. The molecular weight excluding hydrogens is 1230 g/mol. The zero-order valence-electron chi connectivity index (χ0n) is 54.3. The minimum absolute atomic E-state index is 0.00791. The topological polar surface area (TPSA) is 582 Å². The molecule has 4 rings (SSSR count). The number of phenolic OH excluding ortho intramolecular Hbond substituents is 1. The number of guanidine groups is 3. The highest BCUT2D eigenvalue weighted by Crippen LogP contribution is 2.25. The summed E-state index contributed by atoms with van der Waals surface area (Å²) in [7, 11) is 0. The van der Waals surface area contributed by atoms with E-state index in [0.29, 0.717) is 31.4 Å². The summed E-state index contributed by atoms with van der Waals surface area (Å²) >= 11 is 0. The van der Waals surface area contributed by atoms with Crippen LogP contribution in [0.4, 0.5) is 0 Å². The van der Waals surface area contributed by atoms with Crippen molar-refractivity contribution < 1.29 is 57.8 Å². The lowest BCUT2D eigenvalue weighted by atomic mass is 9.92. The number of hydrogen-bond acceptors (Lipinski definition) is 17. The molecule has 0 aliphatic carbocycles. The molecule has 95 heavy (non-hydrogen) atoms. The molecule has 2 aromatic rings. The van der Waals surface area contributed by atoms with Gasteiger partial charge in [-0.3, -0.25) is 67.7 Å². The number of aromatic hydroxyl groups is 1. The number of carbonyl (C=O) groups excluding carboxylic acids is 11. The average molecular weight is 1330 g/mol. The molecule has 2 aliphatic rings. The number of phenols is 1. The Bertz CT molecular complexity index is 3040. The molecule has 1 saturated heterocycles. The van der Waals surface area contributed by atoms with E-state index in [-0.39, 0.29) is 133 Å². The Labute approximate surface area is 552 Å². The Hall–Kier alpha value is -9.86. The number of nitrogens with zero attached hydrogens (tertiary/aromatic N) is 5. The minimum Gasteiger partial charge on any atom is -0.508 e. The van der Waals surface area contributed by atoms with Crippen molar-refractivity contribution in [3.8, 4) is 5.75 Å². The van der Waals surface area contributed by atoms with E-state index in [4.69, 9.17) is 51.6 Å². The van der Waals surface area contributed by atoms with Gasteiger partial charge in [-0.25, -0.2) is 0 Å². The van der Waals surface area contributed by atoms with Crippen molar-refractivity contribution in [2.24, 2.45) is 72.5 Å². The molecule has 0 aromatic heterocycles. The molecule has 0 unspecified atom stereocenters. The van der Waals surface area contributed by atoms with E-state index in [9.17, 15) is 57.8 Å². The Kier molecular flexibility index (Phi) is 32.4. The molecule has 2 heterocycles. The average Bonchev–Trinajstić information content (AvgIpc) is 0.853. The van der Waals surface area contributed by atoms with Gasteiger partial charge in [0.25, 0.3) is 0 Å². The first-order valence-corrected chi connectivity index (χ1v) is 31.8. The summed E-state index contributed by atoms with van der Waals surface area (Å²) in [6.45, 7) is 4.40. The monoisotopic (exact) mass is 1330 g/mol. The van der Waals surface area contributed by atoms with E-state index in [1.54, 1.807) is 50.2 Å². The molecule has 34 nitrogen and oxygen atoms in total. The molecule has 2 aromatic carbocycles. The fraction of sp³-hybridized carbons (Fsp3) is 0.574. The van der Waals surface area contributed by atoms with Crippen LogP contribution in [0, 0.1) is 5.92 Å². The summed E-state index contributed by atoms with van der Waals surface area (Å²) in [4.78, 5) is 167. The van der Waals surface area contributed by atoms with E-state index < -0.39 is 132 Å². The van der Waals surface area contributed by atoms with Crippen LogP contribution < -0.4 is 94.1 Å². The number of primary amides is 1. The van der Waals surface area contributed by atoms with Crippen LogP contribution in [0.15, 0.2) is 63.5 Å². The molecular formula is C61H98N22O12. The summed E-state index contributed by atoms with van der Waals surface area (Å²) in [5.41, 5.74) is 52.8. The second kappa shape index (κ2) is 39.6. The molecule has 27 N–H and O–H groups in total. The lowest BCUT2D eigenvalue weighted by molar-refractivity contribution is -0.143. The Balaban J connectivity index is 1.54. The number of nitrogens with two attached hydrogens (primary N) is 9. The molecule has 0 bridgehead atoms. The zero-order valence-corrected chi connectivity index (χ0v) is 54.3. The van der Waals surface area contributed by atoms with Gasteiger partial charge in [0.1, 0.15) is 54.1 Å². The second-order valence-electron chi connectivity index (χ2n) is 23.9. The largest absolute Gasteiger partial charge is 0.508 e. The fourth-order valence-electron chi connectivity index (χ4n) is 10.7. The molecule has 524 valence electrons. The number of benzene rings is 2. The van der Waals surface area contributed by atoms with Crippen LogP contribution >= 0.6 is 0 Å².